The summed E-state index contributed by atoms with van der Waals surface area (Å²) in [7, 11) is 0. The molecule has 13 nitrogen and oxygen atoms in total. The first-order chi connectivity index (χ1) is 27.4. The lowest BCUT2D eigenvalue weighted by molar-refractivity contribution is -0.0630. The minimum atomic E-state index is -1.00. The third-order valence-electron chi connectivity index (χ3n) is 10.1. The van der Waals surface area contributed by atoms with Crippen molar-refractivity contribution in [3.8, 4) is 0 Å². The SMILES string of the molecule is Cc1ccc(C2NC(CO)(CO)CO2)cc1.Cc1ccc(C2OCC3(CO)COC(c4ccc(C)cc4)N23)cc1.Cc1ccc(C=O)cc1.NC(CO)C(O)CO. The maximum Gasteiger partial charge on any atom is 0.150 e. The average molecular weight is 790 g/mol. The van der Waals surface area contributed by atoms with Crippen molar-refractivity contribution in [1.82, 2.24) is 10.2 Å². The zero-order chi connectivity index (χ0) is 41.6. The van der Waals surface area contributed by atoms with Gasteiger partial charge in [0.15, 0.2) is 0 Å². The van der Waals surface area contributed by atoms with E-state index in [2.05, 4.69) is 72.6 Å². The predicted molar refractivity (Wildman–Crippen MR) is 216 cm³/mol. The summed E-state index contributed by atoms with van der Waals surface area (Å²) < 4.78 is 17.7. The Morgan fingerprint density at radius 2 is 1.07 bits per heavy atom. The lowest BCUT2D eigenvalue weighted by Gasteiger charge is -2.33. The molecule has 3 heterocycles. The van der Waals surface area contributed by atoms with Gasteiger partial charge in [0.05, 0.1) is 76.1 Å². The summed E-state index contributed by atoms with van der Waals surface area (Å²) in [4.78, 5) is 12.3. The number of aldehydes is 1. The van der Waals surface area contributed by atoms with Gasteiger partial charge in [0.2, 0.25) is 0 Å². The number of aliphatic hydroxyl groups excluding tert-OH is 6. The highest BCUT2D eigenvalue weighted by molar-refractivity contribution is 5.74. The van der Waals surface area contributed by atoms with Gasteiger partial charge in [-0.1, -0.05) is 119 Å². The monoisotopic (exact) mass is 789 g/mol. The van der Waals surface area contributed by atoms with Crippen molar-refractivity contribution < 1.29 is 49.6 Å². The van der Waals surface area contributed by atoms with Crippen LogP contribution in [0.3, 0.4) is 0 Å². The number of carbonyl (C=O) groups is 1. The molecule has 3 aliphatic heterocycles. The first kappa shape index (κ1) is 45.8. The summed E-state index contributed by atoms with van der Waals surface area (Å²) in [5, 5.41) is 56.6. The molecule has 3 fully saturated rings. The lowest BCUT2D eigenvalue weighted by Crippen LogP contribution is -2.49. The molecule has 0 spiro atoms. The van der Waals surface area contributed by atoms with Crippen molar-refractivity contribution in [3.05, 3.63) is 142 Å². The fraction of sp³-hybridized carbons (Fsp3) is 0.432. The second kappa shape index (κ2) is 21.7. The smallest absolute Gasteiger partial charge is 0.150 e. The average Bonchev–Trinajstić information content (AvgIpc) is 3.96. The highest BCUT2D eigenvalue weighted by atomic mass is 16.6. The zero-order valence-corrected chi connectivity index (χ0v) is 33.2. The van der Waals surface area contributed by atoms with Crippen molar-refractivity contribution in [1.29, 1.82) is 0 Å². The van der Waals surface area contributed by atoms with Crippen LogP contribution in [0.1, 0.15) is 68.0 Å². The van der Waals surface area contributed by atoms with Crippen LogP contribution >= 0.6 is 0 Å². The van der Waals surface area contributed by atoms with Gasteiger partial charge in [-0.05, 0) is 44.4 Å². The Morgan fingerprint density at radius 1 is 0.649 bits per heavy atom. The van der Waals surface area contributed by atoms with Crippen LogP contribution in [0, 0.1) is 27.7 Å². The number of rotatable bonds is 10. The van der Waals surface area contributed by atoms with Crippen LogP contribution in [0.5, 0.6) is 0 Å². The standard InChI is InChI=1S/C20H23NO3.C12H17NO3.C8H8O.C4H11NO3/c1-14-3-7-16(8-4-14)18-21-19(17-9-5-15(2)6-10-17)24-13-20(21,11-22)12-23-18;1-9-2-4-10(5-3-9)11-13-12(6-14,7-15)8-16-11;1-7-2-4-8(6-9)5-3-7;5-3(1-6)4(8)2-7/h3-10,18-19,22H,11-13H2,1-2H3;2-5,11,13-15H,6-8H2,1H3;2-6H,1H3;3-4,6-8H,1-2,5H2. The molecule has 0 amide bonds. The number of carbonyl (C=O) groups excluding carboxylic acids is 1. The van der Waals surface area contributed by atoms with Gasteiger partial charge in [0.25, 0.3) is 0 Å². The number of benzene rings is 4. The van der Waals surface area contributed by atoms with Crippen molar-refractivity contribution in [2.45, 2.75) is 69.6 Å². The number of aliphatic hydroxyl groups is 6. The van der Waals surface area contributed by atoms with E-state index in [4.69, 9.17) is 35.3 Å². The Bertz CT molecular complexity index is 1710. The van der Waals surface area contributed by atoms with E-state index in [0.717, 1.165) is 28.5 Å². The molecule has 310 valence electrons. The molecule has 0 aromatic heterocycles. The Morgan fingerprint density at radius 3 is 1.40 bits per heavy atom. The second-order valence-corrected chi connectivity index (χ2v) is 14.9. The van der Waals surface area contributed by atoms with E-state index in [0.29, 0.717) is 19.8 Å². The Labute approximate surface area is 335 Å². The molecule has 9 N–H and O–H groups in total. The third-order valence-corrected chi connectivity index (χ3v) is 10.1. The maximum atomic E-state index is 10.1. The van der Waals surface area contributed by atoms with Gasteiger partial charge < -0.3 is 50.6 Å². The number of aryl methyl sites for hydroxylation is 4. The summed E-state index contributed by atoms with van der Waals surface area (Å²) >= 11 is 0. The molecule has 3 saturated heterocycles. The first-order valence-corrected chi connectivity index (χ1v) is 19.0. The van der Waals surface area contributed by atoms with Crippen LogP contribution in [-0.4, -0.2) is 118 Å². The van der Waals surface area contributed by atoms with E-state index in [1.165, 1.54) is 22.3 Å². The number of fused-ring (bicyclic) bond motifs is 1. The molecule has 4 aromatic carbocycles. The van der Waals surface area contributed by atoms with E-state index < -0.39 is 29.8 Å². The summed E-state index contributed by atoms with van der Waals surface area (Å²) in [5.41, 5.74) is 12.6. The van der Waals surface area contributed by atoms with Crippen LogP contribution in [0.4, 0.5) is 0 Å². The Balaban J connectivity index is 0.000000188. The number of nitrogens with two attached hydrogens (primary N) is 1. The summed E-state index contributed by atoms with van der Waals surface area (Å²) in [6, 6.07) is 31.5. The second-order valence-electron chi connectivity index (χ2n) is 14.9. The zero-order valence-electron chi connectivity index (χ0n) is 33.2. The molecule has 7 rings (SSSR count). The van der Waals surface area contributed by atoms with Gasteiger partial charge >= 0.3 is 0 Å². The quantitative estimate of drug-likeness (QED) is 0.109. The van der Waals surface area contributed by atoms with Gasteiger partial charge in [-0.2, -0.15) is 0 Å². The van der Waals surface area contributed by atoms with Crippen molar-refractivity contribution in [2.75, 3.05) is 52.9 Å². The van der Waals surface area contributed by atoms with E-state index in [1.54, 1.807) is 0 Å². The van der Waals surface area contributed by atoms with Crippen LogP contribution < -0.4 is 11.1 Å². The van der Waals surface area contributed by atoms with Gasteiger partial charge in [-0.3, -0.25) is 10.1 Å². The molecule has 0 radical (unpaired) electrons. The van der Waals surface area contributed by atoms with Crippen molar-refractivity contribution in [3.63, 3.8) is 0 Å². The fourth-order valence-corrected chi connectivity index (χ4v) is 6.25. The number of hydrogen-bond donors (Lipinski definition) is 8. The largest absolute Gasteiger partial charge is 0.395 e. The summed E-state index contributed by atoms with van der Waals surface area (Å²) in [5.74, 6) is 0. The van der Waals surface area contributed by atoms with Crippen molar-refractivity contribution >= 4 is 6.29 Å². The van der Waals surface area contributed by atoms with E-state index in [1.807, 2.05) is 62.4 Å². The lowest BCUT2D eigenvalue weighted by atomic mass is 10.0. The van der Waals surface area contributed by atoms with Crippen LogP contribution in [0.2, 0.25) is 0 Å². The molecular weight excluding hydrogens is 730 g/mol. The Kier molecular flexibility index (Phi) is 17.4. The number of hydrogen-bond acceptors (Lipinski definition) is 13. The van der Waals surface area contributed by atoms with Crippen molar-refractivity contribution in [2.24, 2.45) is 5.73 Å². The minimum absolute atomic E-state index is 0.0255. The number of nitrogens with zero attached hydrogens (tertiary/aromatic N) is 1. The van der Waals surface area contributed by atoms with Gasteiger partial charge in [-0.15, -0.1) is 0 Å². The summed E-state index contributed by atoms with van der Waals surface area (Å²) in [6.45, 7) is 8.50. The van der Waals surface area contributed by atoms with Crippen LogP contribution in [0.15, 0.2) is 97.1 Å². The molecule has 57 heavy (non-hydrogen) atoms. The highest BCUT2D eigenvalue weighted by Crippen LogP contribution is 2.48. The molecule has 13 heteroatoms. The van der Waals surface area contributed by atoms with Gasteiger partial charge in [0.1, 0.15) is 25.0 Å². The third kappa shape index (κ3) is 12.1. The normalized spacial score (nSPS) is 23.1. The van der Waals surface area contributed by atoms with E-state index in [-0.39, 0.29) is 45.1 Å². The molecule has 4 aromatic rings. The van der Waals surface area contributed by atoms with Crippen LogP contribution in [0.25, 0.3) is 0 Å². The molecule has 5 atom stereocenters. The topological polar surface area (TPSA) is 207 Å². The Hall–Kier alpha value is -3.93. The number of nitrogens with one attached hydrogen (secondary N) is 1. The molecule has 0 aliphatic carbocycles. The van der Waals surface area contributed by atoms with Crippen LogP contribution in [-0.2, 0) is 14.2 Å². The molecule has 5 unspecified atom stereocenters. The molecule has 3 aliphatic rings. The number of ether oxygens (including phenoxy) is 3. The molecule has 0 bridgehead atoms. The maximum absolute atomic E-state index is 10.1. The minimum Gasteiger partial charge on any atom is -0.395 e. The highest BCUT2D eigenvalue weighted by Gasteiger charge is 2.56. The van der Waals surface area contributed by atoms with Gasteiger partial charge in [0, 0.05) is 5.56 Å². The van der Waals surface area contributed by atoms with E-state index in [9.17, 15) is 20.1 Å². The van der Waals surface area contributed by atoms with E-state index >= 15 is 0 Å². The first-order valence-electron chi connectivity index (χ1n) is 19.0. The fourth-order valence-electron chi connectivity index (χ4n) is 6.25. The predicted octanol–water partition coefficient (Wildman–Crippen LogP) is 2.90. The molecular formula is C44H59N3O10. The molecule has 0 saturated carbocycles. The van der Waals surface area contributed by atoms with Gasteiger partial charge in [-0.25, -0.2) is 4.90 Å². The summed E-state index contributed by atoms with van der Waals surface area (Å²) in [6.07, 6.45) is -0.808.